The highest BCUT2D eigenvalue weighted by Crippen LogP contribution is 2.48. The molecule has 7 aromatic carbocycles. The quantitative estimate of drug-likeness (QED) is 0.0890. The molecular formula is C40H28N2O4. The molecule has 0 amide bonds. The van der Waals surface area contributed by atoms with E-state index in [1.165, 1.54) is 12.1 Å². The van der Waals surface area contributed by atoms with Gasteiger partial charge in [-0.15, -0.1) is 0 Å². The molecule has 0 fully saturated rings. The van der Waals surface area contributed by atoms with Crippen molar-refractivity contribution in [1.29, 1.82) is 0 Å². The molecule has 0 heterocycles. The van der Waals surface area contributed by atoms with E-state index in [0.717, 1.165) is 43.8 Å². The molecule has 46 heavy (non-hydrogen) atoms. The van der Waals surface area contributed by atoms with Crippen molar-refractivity contribution < 1.29 is 19.7 Å². The highest BCUT2D eigenvalue weighted by Gasteiger charge is 2.22. The second kappa shape index (κ2) is 11.8. The molecule has 0 saturated carbocycles. The molecule has 0 saturated heterocycles. The van der Waals surface area contributed by atoms with Crippen LogP contribution in [0.1, 0.15) is 11.1 Å². The standard InChI is InChI=1S/C40H28N2O4/c41-32-23-29(17-19-34(32)43)45-36-21-15-26-9-4-5-12-31(26)39(36)40-37(46-30-18-20-35(44)33(42)24-30)22-16-28-11-6-10-27(38(28)40)14-13-25-7-2-1-3-8-25/h1-12,15-24,43-44H,41-42H2. The number of phenols is 2. The summed E-state index contributed by atoms with van der Waals surface area (Å²) in [6.45, 7) is 0. The Balaban J connectivity index is 1.54. The van der Waals surface area contributed by atoms with Crippen molar-refractivity contribution in [1.82, 2.24) is 0 Å². The zero-order valence-corrected chi connectivity index (χ0v) is 24.6. The fourth-order valence-corrected chi connectivity index (χ4v) is 5.50. The van der Waals surface area contributed by atoms with Crippen LogP contribution in [0.2, 0.25) is 0 Å². The number of benzene rings is 7. The molecular weight excluding hydrogens is 572 g/mol. The van der Waals surface area contributed by atoms with Crippen LogP contribution >= 0.6 is 0 Å². The number of aromatic hydroxyl groups is 2. The van der Waals surface area contributed by atoms with Gasteiger partial charge in [0, 0.05) is 39.8 Å². The van der Waals surface area contributed by atoms with E-state index in [1.54, 1.807) is 24.3 Å². The molecule has 6 N–H and O–H groups in total. The van der Waals surface area contributed by atoms with Gasteiger partial charge < -0.3 is 31.2 Å². The largest absolute Gasteiger partial charge is 0.506 e. The van der Waals surface area contributed by atoms with E-state index in [-0.39, 0.29) is 22.9 Å². The van der Waals surface area contributed by atoms with Gasteiger partial charge in [-0.2, -0.15) is 0 Å². The fourth-order valence-electron chi connectivity index (χ4n) is 5.50. The Labute approximate surface area is 265 Å². The van der Waals surface area contributed by atoms with Crippen LogP contribution in [0.25, 0.3) is 32.7 Å². The molecule has 0 unspecified atom stereocenters. The van der Waals surface area contributed by atoms with Gasteiger partial charge >= 0.3 is 0 Å². The lowest BCUT2D eigenvalue weighted by Crippen LogP contribution is -1.97. The van der Waals surface area contributed by atoms with Crippen molar-refractivity contribution in [2.24, 2.45) is 0 Å². The van der Waals surface area contributed by atoms with Crippen LogP contribution in [0, 0.1) is 11.8 Å². The van der Waals surface area contributed by atoms with E-state index in [9.17, 15) is 10.2 Å². The maximum atomic E-state index is 10.1. The minimum Gasteiger partial charge on any atom is -0.506 e. The van der Waals surface area contributed by atoms with Gasteiger partial charge in [-0.3, -0.25) is 0 Å². The highest BCUT2D eigenvalue weighted by molar-refractivity contribution is 6.11. The first-order valence-electron chi connectivity index (χ1n) is 14.6. The van der Waals surface area contributed by atoms with Gasteiger partial charge in [0.25, 0.3) is 0 Å². The molecule has 0 aromatic heterocycles. The third-order valence-corrected chi connectivity index (χ3v) is 7.72. The number of rotatable bonds is 5. The van der Waals surface area contributed by atoms with Gasteiger partial charge in [-0.25, -0.2) is 0 Å². The molecule has 6 nitrogen and oxygen atoms in total. The van der Waals surface area contributed by atoms with Gasteiger partial charge in [-0.05, 0) is 70.8 Å². The summed E-state index contributed by atoms with van der Waals surface area (Å²) in [5.41, 5.74) is 15.7. The first-order chi connectivity index (χ1) is 22.4. The number of nitrogen functional groups attached to an aromatic ring is 2. The van der Waals surface area contributed by atoms with E-state index < -0.39 is 0 Å². The normalized spacial score (nSPS) is 10.8. The zero-order valence-electron chi connectivity index (χ0n) is 24.6. The number of nitrogens with two attached hydrogens (primary N) is 2. The summed E-state index contributed by atoms with van der Waals surface area (Å²) < 4.78 is 13.1. The molecule has 0 aliphatic rings. The number of phenolic OH excluding ortho intramolecular Hbond substituents is 2. The summed E-state index contributed by atoms with van der Waals surface area (Å²) in [5, 5.41) is 23.9. The van der Waals surface area contributed by atoms with E-state index in [1.807, 2.05) is 97.1 Å². The second-order valence-electron chi connectivity index (χ2n) is 10.8. The average Bonchev–Trinajstić information content (AvgIpc) is 3.08. The maximum absolute atomic E-state index is 10.1. The number of fused-ring (bicyclic) bond motifs is 2. The lowest BCUT2D eigenvalue weighted by atomic mass is 9.90. The van der Waals surface area contributed by atoms with Crippen LogP contribution in [0.4, 0.5) is 11.4 Å². The molecule has 222 valence electrons. The number of anilines is 2. The minimum absolute atomic E-state index is 0.0226. The SMILES string of the molecule is Nc1cc(Oc2ccc3ccccc3c2-c2c(Oc3ccc(O)c(N)c3)ccc3cccc(C#Cc4ccccc4)c23)ccc1O. The summed E-state index contributed by atoms with van der Waals surface area (Å²) in [5.74, 6) is 8.69. The van der Waals surface area contributed by atoms with Crippen LogP contribution in [-0.2, 0) is 0 Å². The second-order valence-corrected chi connectivity index (χ2v) is 10.8. The van der Waals surface area contributed by atoms with Crippen molar-refractivity contribution in [3.63, 3.8) is 0 Å². The minimum atomic E-state index is -0.0255. The van der Waals surface area contributed by atoms with Crippen LogP contribution in [0.15, 0.2) is 133 Å². The lowest BCUT2D eigenvalue weighted by molar-refractivity contribution is 0.465. The monoisotopic (exact) mass is 600 g/mol. The van der Waals surface area contributed by atoms with Crippen molar-refractivity contribution in [3.05, 3.63) is 145 Å². The van der Waals surface area contributed by atoms with Crippen molar-refractivity contribution >= 4 is 32.9 Å². The fraction of sp³-hybridized carbons (Fsp3) is 0. The molecule has 7 aromatic rings. The molecule has 0 aliphatic heterocycles. The van der Waals surface area contributed by atoms with Gasteiger partial charge in [-0.1, -0.05) is 78.6 Å². The first-order valence-corrected chi connectivity index (χ1v) is 14.6. The Kier molecular flexibility index (Phi) is 7.26. The summed E-state index contributed by atoms with van der Waals surface area (Å²) >= 11 is 0. The molecule has 0 spiro atoms. The van der Waals surface area contributed by atoms with E-state index in [4.69, 9.17) is 20.9 Å². The van der Waals surface area contributed by atoms with Crippen LogP contribution in [0.5, 0.6) is 34.5 Å². The average molecular weight is 601 g/mol. The number of hydrogen-bond acceptors (Lipinski definition) is 6. The third-order valence-electron chi connectivity index (χ3n) is 7.72. The molecule has 0 aliphatic carbocycles. The van der Waals surface area contributed by atoms with Gasteiger partial charge in [0.05, 0.1) is 11.4 Å². The van der Waals surface area contributed by atoms with Gasteiger partial charge in [0.1, 0.15) is 34.5 Å². The summed E-state index contributed by atoms with van der Waals surface area (Å²) in [4.78, 5) is 0. The topological polar surface area (TPSA) is 111 Å². The molecule has 0 bridgehead atoms. The van der Waals surface area contributed by atoms with Crippen LogP contribution in [-0.4, -0.2) is 10.2 Å². The summed E-state index contributed by atoms with van der Waals surface area (Å²) in [6.07, 6.45) is 0. The van der Waals surface area contributed by atoms with Crippen molar-refractivity contribution in [2.75, 3.05) is 11.5 Å². The van der Waals surface area contributed by atoms with Crippen molar-refractivity contribution in [3.8, 4) is 57.5 Å². The Morgan fingerprint density at radius 3 is 1.76 bits per heavy atom. The van der Waals surface area contributed by atoms with Crippen LogP contribution in [0.3, 0.4) is 0 Å². The maximum Gasteiger partial charge on any atom is 0.138 e. The number of hydrogen-bond donors (Lipinski definition) is 4. The lowest BCUT2D eigenvalue weighted by Gasteiger charge is -2.20. The highest BCUT2D eigenvalue weighted by atomic mass is 16.5. The zero-order chi connectivity index (χ0) is 31.6. The summed E-state index contributed by atoms with van der Waals surface area (Å²) in [7, 11) is 0. The van der Waals surface area contributed by atoms with Gasteiger partial charge in [0.2, 0.25) is 0 Å². The Hall–Kier alpha value is -6.58. The van der Waals surface area contributed by atoms with E-state index >= 15 is 0 Å². The predicted octanol–water partition coefficient (Wildman–Crippen LogP) is 9.22. The Morgan fingerprint density at radius 2 is 1.09 bits per heavy atom. The predicted molar refractivity (Wildman–Crippen MR) is 184 cm³/mol. The molecule has 0 radical (unpaired) electrons. The molecule has 7 rings (SSSR count). The summed E-state index contributed by atoms with van der Waals surface area (Å²) in [6, 6.07) is 41.3. The first kappa shape index (κ1) is 28.2. The Bertz CT molecular complexity index is 2320. The third kappa shape index (κ3) is 5.45. The van der Waals surface area contributed by atoms with Crippen LogP contribution < -0.4 is 20.9 Å². The van der Waals surface area contributed by atoms with Gasteiger partial charge in [0.15, 0.2) is 0 Å². The molecule has 0 atom stereocenters. The van der Waals surface area contributed by atoms with E-state index in [0.29, 0.717) is 23.0 Å². The smallest absolute Gasteiger partial charge is 0.138 e. The Morgan fingerprint density at radius 1 is 0.500 bits per heavy atom. The van der Waals surface area contributed by atoms with E-state index in [2.05, 4.69) is 11.8 Å². The number of ether oxygens (including phenoxy) is 2. The molecule has 6 heteroatoms. The van der Waals surface area contributed by atoms with Crippen molar-refractivity contribution in [2.45, 2.75) is 0 Å².